The number of aliphatic hydroxyl groups excluding tert-OH is 1. The van der Waals surface area contributed by atoms with Crippen LogP contribution in [0.1, 0.15) is 67.7 Å². The molecule has 0 aliphatic heterocycles. The Labute approximate surface area is 129 Å². The Bertz CT molecular complexity index is 164. The van der Waals surface area contributed by atoms with Gasteiger partial charge in [0.05, 0.1) is 6.61 Å². The number of hydrogen-bond donors (Lipinski definition) is 1. The maximum Gasteiger partial charge on any atom is 0.0612 e. The average molecular weight is 285 g/mol. The van der Waals surface area contributed by atoms with Crippen molar-refractivity contribution in [1.82, 2.24) is 0 Å². The monoisotopic (exact) mass is 284 g/mol. The van der Waals surface area contributed by atoms with Gasteiger partial charge in [-0.05, 0) is 32.6 Å². The van der Waals surface area contributed by atoms with Crippen molar-refractivity contribution in [3.63, 3.8) is 0 Å². The minimum Gasteiger partial charge on any atom is -0.392 e. The molecule has 1 N–H and O–H groups in total. The molecule has 0 aromatic rings. The summed E-state index contributed by atoms with van der Waals surface area (Å²) in [6, 6.07) is 0. The van der Waals surface area contributed by atoms with Gasteiger partial charge in [0.25, 0.3) is 0 Å². The SMILES string of the molecule is C.C/C=C/CC.C=CCC.C=CCC.CC/C=C\CO. The van der Waals surface area contributed by atoms with Crippen LogP contribution in [0.3, 0.4) is 0 Å². The van der Waals surface area contributed by atoms with E-state index in [1.54, 1.807) is 6.08 Å². The van der Waals surface area contributed by atoms with Crippen LogP contribution in [-0.2, 0) is 0 Å². The van der Waals surface area contributed by atoms with Crippen LogP contribution in [0.25, 0.3) is 0 Å². The van der Waals surface area contributed by atoms with Crippen LogP contribution < -0.4 is 0 Å². The van der Waals surface area contributed by atoms with E-state index in [0.29, 0.717) is 0 Å². The highest BCUT2D eigenvalue weighted by atomic mass is 16.2. The normalized spacial score (nSPS) is 8.10. The van der Waals surface area contributed by atoms with Crippen molar-refractivity contribution in [3.05, 3.63) is 49.6 Å². The molecule has 0 aromatic carbocycles. The van der Waals surface area contributed by atoms with E-state index in [4.69, 9.17) is 5.11 Å². The Balaban J connectivity index is -0.0000000499. The molecule has 0 bridgehead atoms. The molecule has 1 heteroatoms. The molecule has 20 heavy (non-hydrogen) atoms. The highest BCUT2D eigenvalue weighted by Crippen LogP contribution is 1.75. The summed E-state index contributed by atoms with van der Waals surface area (Å²) < 4.78 is 0. The zero-order valence-corrected chi connectivity index (χ0v) is 13.9. The molecular formula is C19H40O. The highest BCUT2D eigenvalue weighted by Gasteiger charge is 1.60. The summed E-state index contributed by atoms with van der Waals surface area (Å²) in [6.07, 6.45) is 15.9. The third kappa shape index (κ3) is 122. The maximum absolute atomic E-state index is 8.11. The largest absolute Gasteiger partial charge is 0.392 e. The van der Waals surface area contributed by atoms with E-state index < -0.39 is 0 Å². The molecule has 0 amide bonds. The van der Waals surface area contributed by atoms with Crippen molar-refractivity contribution < 1.29 is 5.11 Å². The lowest BCUT2D eigenvalue weighted by molar-refractivity contribution is 0.342. The van der Waals surface area contributed by atoms with Crippen molar-refractivity contribution >= 4 is 0 Å². The van der Waals surface area contributed by atoms with Gasteiger partial charge in [-0.25, -0.2) is 0 Å². The molecule has 0 rings (SSSR count). The van der Waals surface area contributed by atoms with Gasteiger partial charge in [-0.15, -0.1) is 13.2 Å². The molecule has 122 valence electrons. The average Bonchev–Trinajstić information content (AvgIpc) is 2.47. The molecule has 0 aliphatic rings. The lowest BCUT2D eigenvalue weighted by Gasteiger charge is -1.72. The van der Waals surface area contributed by atoms with Crippen molar-refractivity contribution in [1.29, 1.82) is 0 Å². The van der Waals surface area contributed by atoms with Crippen molar-refractivity contribution in [3.8, 4) is 0 Å². The summed E-state index contributed by atoms with van der Waals surface area (Å²) in [7, 11) is 0. The molecular weight excluding hydrogens is 244 g/mol. The molecule has 0 aromatic heterocycles. The summed E-state index contributed by atoms with van der Waals surface area (Å²) in [4.78, 5) is 0. The standard InChI is InChI=1S/C5H10O.C5H10.2C4H8.CH4/c1-2-3-4-5-6;1-3-5-4-2;2*1-3-4-2;/h3-4,6H,2,5H2,1H3;3,5H,4H2,1-2H3;2*3H,1,4H2,2H3;1H4/b4-3-;5-3+;;;. The molecule has 0 saturated heterocycles. The van der Waals surface area contributed by atoms with Crippen LogP contribution >= 0.6 is 0 Å². The van der Waals surface area contributed by atoms with Gasteiger partial charge in [-0.3, -0.25) is 0 Å². The fourth-order valence-electron chi connectivity index (χ4n) is 0.477. The number of allylic oxidation sites excluding steroid dienone is 5. The zero-order valence-electron chi connectivity index (χ0n) is 13.9. The zero-order chi connectivity index (χ0) is 15.8. The van der Waals surface area contributed by atoms with Gasteiger partial charge in [0, 0.05) is 0 Å². The summed E-state index contributed by atoms with van der Waals surface area (Å²) in [5.74, 6) is 0. The first-order valence-corrected chi connectivity index (χ1v) is 7.25. The molecule has 0 saturated carbocycles. The third-order valence-electron chi connectivity index (χ3n) is 1.56. The summed E-state index contributed by atoms with van der Waals surface area (Å²) in [5, 5.41) is 8.11. The second-order valence-corrected chi connectivity index (χ2v) is 3.43. The number of hydrogen-bond acceptors (Lipinski definition) is 1. The van der Waals surface area contributed by atoms with E-state index in [0.717, 1.165) is 25.7 Å². The Morgan fingerprint density at radius 2 is 1.10 bits per heavy atom. The van der Waals surface area contributed by atoms with Gasteiger partial charge in [-0.1, -0.05) is 71.6 Å². The second kappa shape index (κ2) is 52.1. The second-order valence-electron chi connectivity index (χ2n) is 3.43. The van der Waals surface area contributed by atoms with E-state index >= 15 is 0 Å². The number of rotatable bonds is 5. The molecule has 0 radical (unpaired) electrons. The van der Waals surface area contributed by atoms with Crippen LogP contribution in [0.5, 0.6) is 0 Å². The van der Waals surface area contributed by atoms with Crippen LogP contribution in [0.15, 0.2) is 49.6 Å². The summed E-state index contributed by atoms with van der Waals surface area (Å²) in [6.45, 7) is 17.4. The lowest BCUT2D eigenvalue weighted by Crippen LogP contribution is -1.67. The van der Waals surface area contributed by atoms with E-state index in [-0.39, 0.29) is 14.0 Å². The maximum atomic E-state index is 8.11. The number of aliphatic hydroxyl groups is 1. The fourth-order valence-corrected chi connectivity index (χ4v) is 0.477. The molecule has 0 aliphatic carbocycles. The molecule has 0 spiro atoms. The van der Waals surface area contributed by atoms with E-state index in [1.165, 1.54) is 0 Å². The Morgan fingerprint density at radius 1 is 0.750 bits per heavy atom. The molecule has 0 unspecified atom stereocenters. The molecule has 0 atom stereocenters. The van der Waals surface area contributed by atoms with Crippen LogP contribution in [-0.4, -0.2) is 11.7 Å². The lowest BCUT2D eigenvalue weighted by atomic mass is 10.4. The smallest absolute Gasteiger partial charge is 0.0612 e. The quantitative estimate of drug-likeness (QED) is 0.556. The molecule has 0 fully saturated rings. The molecule has 0 heterocycles. The van der Waals surface area contributed by atoms with Gasteiger partial charge in [0.1, 0.15) is 0 Å². The van der Waals surface area contributed by atoms with Gasteiger partial charge in [0.2, 0.25) is 0 Å². The Kier molecular flexibility index (Phi) is 81.7. The van der Waals surface area contributed by atoms with Crippen LogP contribution in [0.2, 0.25) is 0 Å². The summed E-state index contributed by atoms with van der Waals surface area (Å²) in [5.41, 5.74) is 0. The van der Waals surface area contributed by atoms with Crippen molar-refractivity contribution in [2.45, 2.75) is 67.7 Å². The third-order valence-corrected chi connectivity index (χ3v) is 1.56. The molecule has 1 nitrogen and oxygen atoms in total. The summed E-state index contributed by atoms with van der Waals surface area (Å²) >= 11 is 0. The van der Waals surface area contributed by atoms with Crippen LogP contribution in [0, 0.1) is 0 Å². The van der Waals surface area contributed by atoms with E-state index in [2.05, 4.69) is 46.1 Å². The van der Waals surface area contributed by atoms with E-state index in [9.17, 15) is 0 Å². The predicted molar refractivity (Wildman–Crippen MR) is 99.3 cm³/mol. The van der Waals surface area contributed by atoms with Gasteiger partial charge in [0.15, 0.2) is 0 Å². The van der Waals surface area contributed by atoms with Crippen molar-refractivity contribution in [2.75, 3.05) is 6.61 Å². The first-order chi connectivity index (χ1) is 9.16. The van der Waals surface area contributed by atoms with Crippen molar-refractivity contribution in [2.24, 2.45) is 0 Å². The predicted octanol–water partition coefficient (Wildman–Crippen LogP) is 6.72. The fraction of sp³-hybridized carbons (Fsp3) is 0.579. The topological polar surface area (TPSA) is 20.2 Å². The van der Waals surface area contributed by atoms with Crippen LogP contribution in [0.4, 0.5) is 0 Å². The Hall–Kier alpha value is -1.08. The van der Waals surface area contributed by atoms with E-state index in [1.807, 2.05) is 32.1 Å². The minimum atomic E-state index is 0. The Morgan fingerprint density at radius 3 is 1.15 bits per heavy atom. The minimum absolute atomic E-state index is 0. The van der Waals surface area contributed by atoms with Gasteiger partial charge < -0.3 is 5.11 Å². The van der Waals surface area contributed by atoms with Gasteiger partial charge >= 0.3 is 0 Å². The first-order valence-electron chi connectivity index (χ1n) is 7.25. The highest BCUT2D eigenvalue weighted by molar-refractivity contribution is 4.78. The first kappa shape index (κ1) is 31.4. The van der Waals surface area contributed by atoms with Gasteiger partial charge in [-0.2, -0.15) is 0 Å².